The van der Waals surface area contributed by atoms with Crippen molar-refractivity contribution in [2.24, 2.45) is 0 Å². The maximum Gasteiger partial charge on any atom is 0.335 e. The van der Waals surface area contributed by atoms with Crippen molar-refractivity contribution >= 4 is 17.7 Å². The Hall–Kier alpha value is -2.12. The van der Waals surface area contributed by atoms with Crippen LogP contribution in [-0.4, -0.2) is 60.2 Å². The molecule has 1 aliphatic rings. The van der Waals surface area contributed by atoms with Crippen LogP contribution in [0.25, 0.3) is 0 Å². The van der Waals surface area contributed by atoms with Gasteiger partial charge in [0.2, 0.25) is 0 Å². The first kappa shape index (κ1) is 15.3. The number of carbonyl (C=O) groups excluding carboxylic acids is 1. The highest BCUT2D eigenvalue weighted by Crippen LogP contribution is 2.15. The van der Waals surface area contributed by atoms with Gasteiger partial charge in [0.25, 0.3) is 0 Å². The second-order valence-corrected chi connectivity index (χ2v) is 5.19. The summed E-state index contributed by atoms with van der Waals surface area (Å²) in [6.07, 6.45) is 0. The molecule has 0 spiro atoms. The lowest BCUT2D eigenvalue weighted by molar-refractivity contribution is 0.0696. The van der Waals surface area contributed by atoms with Crippen LogP contribution >= 0.6 is 0 Å². The summed E-state index contributed by atoms with van der Waals surface area (Å²) in [4.78, 5) is 25.0. The third-order valence-corrected chi connectivity index (χ3v) is 3.48. The molecule has 0 radical (unpaired) electrons. The third-order valence-electron chi connectivity index (χ3n) is 3.48. The average Bonchev–Trinajstić information content (AvgIpc) is 2.41. The van der Waals surface area contributed by atoms with E-state index in [1.165, 1.54) is 6.07 Å². The molecule has 2 rings (SSSR count). The zero-order chi connectivity index (χ0) is 15.4. The van der Waals surface area contributed by atoms with Gasteiger partial charge in [-0.25, -0.2) is 14.6 Å². The van der Waals surface area contributed by atoms with Gasteiger partial charge in [-0.2, -0.15) is 0 Å². The summed E-state index contributed by atoms with van der Waals surface area (Å²) in [5.41, 5.74) is 4.21. The number of hydrogen-bond acceptors (Lipinski definition) is 4. The lowest BCUT2D eigenvalue weighted by Gasteiger charge is -2.32. The average molecular weight is 292 g/mol. The van der Waals surface area contributed by atoms with Crippen LogP contribution in [0, 0.1) is 6.92 Å². The van der Waals surface area contributed by atoms with Gasteiger partial charge < -0.3 is 15.3 Å². The van der Waals surface area contributed by atoms with E-state index in [4.69, 9.17) is 5.11 Å². The maximum absolute atomic E-state index is 11.9. The van der Waals surface area contributed by atoms with Crippen LogP contribution in [0.3, 0.4) is 0 Å². The van der Waals surface area contributed by atoms with Gasteiger partial charge in [-0.05, 0) is 37.7 Å². The minimum atomic E-state index is -0.971. The van der Waals surface area contributed by atoms with E-state index in [2.05, 4.69) is 15.6 Å². The third kappa shape index (κ3) is 4.17. The summed E-state index contributed by atoms with van der Waals surface area (Å²) in [5, 5.41) is 13.5. The Bertz CT molecular complexity index is 539. The van der Waals surface area contributed by atoms with Gasteiger partial charge in [0.05, 0.1) is 5.56 Å². The molecule has 3 N–H and O–H groups in total. The highest BCUT2D eigenvalue weighted by molar-refractivity contribution is 5.92. The number of piperazine rings is 1. The molecule has 1 aliphatic heterocycles. The summed E-state index contributed by atoms with van der Waals surface area (Å²) in [6, 6.07) is 4.40. The van der Waals surface area contributed by atoms with Crippen LogP contribution in [0.1, 0.15) is 15.9 Å². The summed E-state index contributed by atoms with van der Waals surface area (Å²) in [7, 11) is 2.05. The number of carboxylic acid groups (broad SMARTS) is 1. The van der Waals surface area contributed by atoms with Crippen molar-refractivity contribution in [1.82, 2.24) is 15.3 Å². The molecule has 0 unspecified atom stereocenters. The molecule has 1 heterocycles. The van der Waals surface area contributed by atoms with Crippen molar-refractivity contribution in [3.8, 4) is 0 Å². The number of carbonyl (C=O) groups is 2. The van der Waals surface area contributed by atoms with Crippen molar-refractivity contribution in [1.29, 1.82) is 0 Å². The molecule has 0 saturated carbocycles. The van der Waals surface area contributed by atoms with Gasteiger partial charge in [0, 0.05) is 31.9 Å². The number of aromatic carboxylic acids is 1. The lowest BCUT2D eigenvalue weighted by Crippen LogP contribution is -2.53. The number of hydrogen-bond donors (Lipinski definition) is 3. The molecular weight excluding hydrogens is 272 g/mol. The standard InChI is InChI=1S/C14H20N4O3/c1-10-9-11(3-4-12(10)13(19)20)15-14(21)16-18-7-5-17(2)6-8-18/h3-4,9H,5-8H2,1-2H3,(H,19,20)(H2,15,16,21). The van der Waals surface area contributed by atoms with Crippen molar-refractivity contribution in [3.05, 3.63) is 29.3 Å². The molecule has 7 heteroatoms. The Morgan fingerprint density at radius 3 is 2.43 bits per heavy atom. The fraction of sp³-hybridized carbons (Fsp3) is 0.429. The predicted octanol–water partition coefficient (Wildman–Crippen LogP) is 0.977. The minimum absolute atomic E-state index is 0.236. The van der Waals surface area contributed by atoms with E-state index in [0.717, 1.165) is 26.2 Å². The van der Waals surface area contributed by atoms with E-state index >= 15 is 0 Å². The van der Waals surface area contributed by atoms with E-state index < -0.39 is 5.97 Å². The number of anilines is 1. The molecule has 21 heavy (non-hydrogen) atoms. The second kappa shape index (κ2) is 6.55. The number of likely N-dealkylation sites (N-methyl/N-ethyl adjacent to an activating group) is 1. The molecular formula is C14H20N4O3. The van der Waals surface area contributed by atoms with Crippen molar-refractivity contribution in [2.45, 2.75) is 6.92 Å². The molecule has 0 aliphatic carbocycles. The number of nitrogens with one attached hydrogen (secondary N) is 2. The molecule has 1 aromatic rings. The minimum Gasteiger partial charge on any atom is -0.478 e. The van der Waals surface area contributed by atoms with Gasteiger partial charge in [-0.15, -0.1) is 0 Å². The summed E-state index contributed by atoms with van der Waals surface area (Å²) in [5.74, 6) is -0.971. The molecule has 114 valence electrons. The van der Waals surface area contributed by atoms with E-state index in [1.54, 1.807) is 19.1 Å². The van der Waals surface area contributed by atoms with Gasteiger partial charge in [0.15, 0.2) is 0 Å². The van der Waals surface area contributed by atoms with E-state index in [9.17, 15) is 9.59 Å². The Labute approximate surface area is 123 Å². The molecule has 7 nitrogen and oxygen atoms in total. The molecule has 0 aromatic heterocycles. The normalized spacial score (nSPS) is 16.5. The first-order valence-corrected chi connectivity index (χ1v) is 6.81. The van der Waals surface area contributed by atoms with Gasteiger partial charge in [-0.1, -0.05) is 0 Å². The Morgan fingerprint density at radius 2 is 1.86 bits per heavy atom. The largest absolute Gasteiger partial charge is 0.478 e. The fourth-order valence-electron chi connectivity index (χ4n) is 2.20. The molecule has 1 fully saturated rings. The zero-order valence-corrected chi connectivity index (χ0v) is 12.2. The fourth-order valence-corrected chi connectivity index (χ4v) is 2.20. The number of carboxylic acids is 1. The topological polar surface area (TPSA) is 84.9 Å². The van der Waals surface area contributed by atoms with Gasteiger partial charge in [-0.3, -0.25) is 5.43 Å². The number of urea groups is 1. The van der Waals surface area contributed by atoms with Crippen LogP contribution < -0.4 is 10.7 Å². The smallest absolute Gasteiger partial charge is 0.335 e. The molecule has 1 saturated heterocycles. The number of amides is 2. The van der Waals surface area contributed by atoms with Gasteiger partial charge in [0.1, 0.15) is 0 Å². The van der Waals surface area contributed by atoms with E-state index in [0.29, 0.717) is 11.3 Å². The van der Waals surface area contributed by atoms with Crippen molar-refractivity contribution in [3.63, 3.8) is 0 Å². The quantitative estimate of drug-likeness (QED) is 0.773. The number of benzene rings is 1. The van der Waals surface area contributed by atoms with Crippen molar-refractivity contribution in [2.75, 3.05) is 38.5 Å². The number of aryl methyl sites for hydroxylation is 1. The Morgan fingerprint density at radius 1 is 1.19 bits per heavy atom. The maximum atomic E-state index is 11.9. The Balaban J connectivity index is 1.91. The van der Waals surface area contributed by atoms with Crippen molar-refractivity contribution < 1.29 is 14.7 Å². The monoisotopic (exact) mass is 292 g/mol. The van der Waals surface area contributed by atoms with Crippen LogP contribution in [0.4, 0.5) is 10.5 Å². The van der Waals surface area contributed by atoms with E-state index in [-0.39, 0.29) is 11.6 Å². The van der Waals surface area contributed by atoms with Crippen LogP contribution in [0.2, 0.25) is 0 Å². The SMILES string of the molecule is Cc1cc(NC(=O)NN2CCN(C)CC2)ccc1C(=O)O. The summed E-state index contributed by atoms with van der Waals surface area (Å²) < 4.78 is 0. The number of hydrazine groups is 1. The first-order valence-electron chi connectivity index (χ1n) is 6.81. The zero-order valence-electron chi connectivity index (χ0n) is 12.2. The lowest BCUT2D eigenvalue weighted by atomic mass is 10.1. The highest BCUT2D eigenvalue weighted by atomic mass is 16.4. The molecule has 1 aromatic carbocycles. The summed E-state index contributed by atoms with van der Waals surface area (Å²) >= 11 is 0. The highest BCUT2D eigenvalue weighted by Gasteiger charge is 2.16. The van der Waals surface area contributed by atoms with Crippen LogP contribution in [0.5, 0.6) is 0 Å². The molecule has 0 bridgehead atoms. The first-order chi connectivity index (χ1) is 9.95. The Kier molecular flexibility index (Phi) is 4.77. The second-order valence-electron chi connectivity index (χ2n) is 5.19. The number of nitrogens with zero attached hydrogens (tertiary/aromatic N) is 2. The summed E-state index contributed by atoms with van der Waals surface area (Å²) in [6.45, 7) is 5.08. The molecule has 0 atom stereocenters. The van der Waals surface area contributed by atoms with E-state index in [1.807, 2.05) is 12.1 Å². The number of rotatable bonds is 3. The van der Waals surface area contributed by atoms with Gasteiger partial charge >= 0.3 is 12.0 Å². The predicted molar refractivity (Wildman–Crippen MR) is 79.4 cm³/mol. The van der Waals surface area contributed by atoms with Crippen LogP contribution in [-0.2, 0) is 0 Å². The molecule has 2 amide bonds. The van der Waals surface area contributed by atoms with Crippen LogP contribution in [0.15, 0.2) is 18.2 Å².